The Morgan fingerprint density at radius 1 is 1.19 bits per heavy atom. The van der Waals surface area contributed by atoms with E-state index in [0.29, 0.717) is 5.54 Å². The van der Waals surface area contributed by atoms with E-state index in [1.807, 2.05) is 0 Å². The largest absolute Gasteiger partial charge is 0.329 e. The second kappa shape index (κ2) is 3.99. The molecule has 0 heterocycles. The molecule has 0 bridgehead atoms. The van der Waals surface area contributed by atoms with E-state index in [9.17, 15) is 0 Å². The molecule has 0 aromatic carbocycles. The zero-order valence-electron chi connectivity index (χ0n) is 10.5. The van der Waals surface area contributed by atoms with Gasteiger partial charge in [-0.25, -0.2) is 0 Å². The van der Waals surface area contributed by atoms with Gasteiger partial charge >= 0.3 is 0 Å². The summed E-state index contributed by atoms with van der Waals surface area (Å²) < 4.78 is 0. The topological polar surface area (TPSA) is 38.0 Å². The summed E-state index contributed by atoms with van der Waals surface area (Å²) in [7, 11) is 0. The van der Waals surface area contributed by atoms with E-state index in [2.05, 4.69) is 12.2 Å². The second-order valence-corrected chi connectivity index (χ2v) is 6.72. The molecule has 0 spiro atoms. The van der Waals surface area contributed by atoms with Crippen molar-refractivity contribution in [3.63, 3.8) is 0 Å². The molecule has 0 aliphatic heterocycles. The highest BCUT2D eigenvalue weighted by Gasteiger charge is 2.45. The first-order valence-corrected chi connectivity index (χ1v) is 7.17. The van der Waals surface area contributed by atoms with Crippen LogP contribution in [0.2, 0.25) is 0 Å². The van der Waals surface area contributed by atoms with Gasteiger partial charge in [-0.15, -0.1) is 0 Å². The molecule has 0 saturated heterocycles. The number of nitrogens with one attached hydrogen (secondary N) is 1. The van der Waals surface area contributed by atoms with E-state index >= 15 is 0 Å². The maximum absolute atomic E-state index is 5.94. The van der Waals surface area contributed by atoms with E-state index in [0.717, 1.165) is 30.2 Å². The van der Waals surface area contributed by atoms with Crippen LogP contribution in [0.1, 0.15) is 45.4 Å². The van der Waals surface area contributed by atoms with Crippen LogP contribution in [0.3, 0.4) is 0 Å². The van der Waals surface area contributed by atoms with Crippen LogP contribution in [-0.2, 0) is 0 Å². The molecule has 2 nitrogen and oxygen atoms in total. The van der Waals surface area contributed by atoms with Crippen LogP contribution in [0.4, 0.5) is 0 Å². The summed E-state index contributed by atoms with van der Waals surface area (Å²) in [6.45, 7) is 4.42. The molecule has 0 atom stereocenters. The molecule has 0 radical (unpaired) electrons. The normalized spacial score (nSPS) is 38.8. The third-order valence-corrected chi connectivity index (χ3v) is 5.04. The van der Waals surface area contributed by atoms with Gasteiger partial charge in [0.15, 0.2) is 0 Å². The molecule has 2 heteroatoms. The van der Waals surface area contributed by atoms with Crippen molar-refractivity contribution in [2.24, 2.45) is 29.4 Å². The fraction of sp³-hybridized carbons (Fsp3) is 1.00. The molecular weight excluding hydrogens is 196 g/mol. The number of rotatable bonds is 6. The summed E-state index contributed by atoms with van der Waals surface area (Å²) in [5, 5.41) is 3.83. The fourth-order valence-corrected chi connectivity index (χ4v) is 3.76. The van der Waals surface area contributed by atoms with Gasteiger partial charge in [0, 0.05) is 12.1 Å². The molecular formula is C14H26N2. The van der Waals surface area contributed by atoms with Crippen LogP contribution >= 0.6 is 0 Å². The van der Waals surface area contributed by atoms with Crippen LogP contribution in [0.15, 0.2) is 0 Å². The zero-order chi connectivity index (χ0) is 11.2. The maximum atomic E-state index is 5.94. The van der Waals surface area contributed by atoms with E-state index in [4.69, 9.17) is 5.73 Å². The van der Waals surface area contributed by atoms with Gasteiger partial charge in [0.2, 0.25) is 0 Å². The molecule has 16 heavy (non-hydrogen) atoms. The lowest BCUT2D eigenvalue weighted by Gasteiger charge is -2.47. The lowest BCUT2D eigenvalue weighted by Crippen LogP contribution is -2.60. The smallest absolute Gasteiger partial charge is 0.0309 e. The highest BCUT2D eigenvalue weighted by Crippen LogP contribution is 2.49. The summed E-state index contributed by atoms with van der Waals surface area (Å²) in [4.78, 5) is 0. The first-order valence-electron chi connectivity index (χ1n) is 7.17. The zero-order valence-corrected chi connectivity index (χ0v) is 10.5. The molecule has 92 valence electrons. The molecule has 0 aromatic rings. The van der Waals surface area contributed by atoms with Crippen LogP contribution < -0.4 is 11.1 Å². The Morgan fingerprint density at radius 3 is 2.12 bits per heavy atom. The summed E-state index contributed by atoms with van der Waals surface area (Å²) in [6, 6.07) is 0. The third-order valence-electron chi connectivity index (χ3n) is 5.04. The van der Waals surface area contributed by atoms with E-state index in [1.165, 1.54) is 45.1 Å². The number of nitrogens with two attached hydrogens (primary N) is 1. The standard InChI is InChI=1S/C14H26N2/c1-10-6-14(7-10,9-15)16-8-13(11-2-3-11)12-4-5-12/h10-13,16H,2-9,15H2,1H3. The lowest BCUT2D eigenvalue weighted by atomic mass is 9.69. The Bertz CT molecular complexity index is 237. The van der Waals surface area contributed by atoms with Gasteiger partial charge < -0.3 is 11.1 Å². The summed E-state index contributed by atoms with van der Waals surface area (Å²) in [5.41, 5.74) is 6.26. The van der Waals surface area contributed by atoms with Gasteiger partial charge in [-0.3, -0.25) is 0 Å². The van der Waals surface area contributed by atoms with Crippen molar-refractivity contribution < 1.29 is 0 Å². The van der Waals surface area contributed by atoms with Crippen molar-refractivity contribution in [2.45, 2.75) is 51.0 Å². The van der Waals surface area contributed by atoms with Crippen molar-refractivity contribution in [2.75, 3.05) is 13.1 Å². The Morgan fingerprint density at radius 2 is 1.75 bits per heavy atom. The first kappa shape index (κ1) is 11.0. The predicted molar refractivity (Wildman–Crippen MR) is 67.1 cm³/mol. The molecule has 3 aliphatic rings. The molecule has 3 fully saturated rings. The minimum atomic E-state index is 0.321. The van der Waals surface area contributed by atoms with Gasteiger partial charge in [0.1, 0.15) is 0 Å². The van der Waals surface area contributed by atoms with Crippen molar-refractivity contribution in [3.8, 4) is 0 Å². The Balaban J connectivity index is 1.50. The average molecular weight is 222 g/mol. The van der Waals surface area contributed by atoms with Crippen molar-refractivity contribution in [3.05, 3.63) is 0 Å². The average Bonchev–Trinajstić information content (AvgIpc) is 3.07. The third kappa shape index (κ3) is 2.14. The van der Waals surface area contributed by atoms with Crippen molar-refractivity contribution in [1.82, 2.24) is 5.32 Å². The fourth-order valence-electron chi connectivity index (χ4n) is 3.76. The Hall–Kier alpha value is -0.0800. The SMILES string of the molecule is CC1CC(CN)(NCC(C2CC2)C2CC2)C1. The van der Waals surface area contributed by atoms with E-state index < -0.39 is 0 Å². The van der Waals surface area contributed by atoms with Gasteiger partial charge in [0.25, 0.3) is 0 Å². The van der Waals surface area contributed by atoms with Crippen LogP contribution in [0.25, 0.3) is 0 Å². The van der Waals surface area contributed by atoms with E-state index in [-0.39, 0.29) is 0 Å². The summed E-state index contributed by atoms with van der Waals surface area (Å²) >= 11 is 0. The molecule has 3 saturated carbocycles. The van der Waals surface area contributed by atoms with Crippen molar-refractivity contribution >= 4 is 0 Å². The molecule has 3 aliphatic carbocycles. The molecule has 3 rings (SSSR count). The predicted octanol–water partition coefficient (Wildman–Crippen LogP) is 2.14. The van der Waals surface area contributed by atoms with Gasteiger partial charge in [0.05, 0.1) is 0 Å². The lowest BCUT2D eigenvalue weighted by molar-refractivity contribution is 0.114. The molecule has 3 N–H and O–H groups in total. The van der Waals surface area contributed by atoms with Crippen LogP contribution in [0, 0.1) is 23.7 Å². The summed E-state index contributed by atoms with van der Waals surface area (Å²) in [6.07, 6.45) is 8.57. The number of hydrogen-bond donors (Lipinski definition) is 2. The maximum Gasteiger partial charge on any atom is 0.0309 e. The quantitative estimate of drug-likeness (QED) is 0.722. The van der Waals surface area contributed by atoms with Gasteiger partial charge in [-0.2, -0.15) is 0 Å². The monoisotopic (exact) mass is 222 g/mol. The minimum absolute atomic E-state index is 0.321. The Kier molecular flexibility index (Phi) is 2.75. The van der Waals surface area contributed by atoms with Crippen molar-refractivity contribution in [1.29, 1.82) is 0 Å². The Labute approximate surface area is 99.4 Å². The number of hydrogen-bond acceptors (Lipinski definition) is 2. The second-order valence-electron chi connectivity index (χ2n) is 6.72. The summed E-state index contributed by atoms with van der Waals surface area (Å²) in [5.74, 6) is 4.00. The molecule has 0 unspecified atom stereocenters. The van der Waals surface area contributed by atoms with Crippen LogP contribution in [0.5, 0.6) is 0 Å². The van der Waals surface area contributed by atoms with Gasteiger partial charge in [-0.1, -0.05) is 6.92 Å². The van der Waals surface area contributed by atoms with Gasteiger partial charge in [-0.05, 0) is 68.7 Å². The highest BCUT2D eigenvalue weighted by molar-refractivity contribution is 5.02. The minimum Gasteiger partial charge on any atom is -0.329 e. The van der Waals surface area contributed by atoms with Crippen LogP contribution in [-0.4, -0.2) is 18.6 Å². The first-order chi connectivity index (χ1) is 7.72. The molecule has 0 aromatic heterocycles. The highest BCUT2D eigenvalue weighted by atomic mass is 15.0. The molecule has 0 amide bonds. The van der Waals surface area contributed by atoms with E-state index in [1.54, 1.807) is 0 Å².